The lowest BCUT2D eigenvalue weighted by atomic mass is 10.3. The molecule has 8 heteroatoms. The average Bonchev–Trinajstić information content (AvgIpc) is 2.75. The zero-order chi connectivity index (χ0) is 21.6. The standard InChI is InChI=1S/C22H21IN2O3S2/c1-2-29-21-11-7-6-10-20(21)24-22(26)16-25(18-14-12-17(23)13-15-18)30(27,28)19-8-4-3-5-9-19/h3-15H,2,16H2,1H3,(H,24,26). The van der Waals surface area contributed by atoms with Gasteiger partial charge in [-0.25, -0.2) is 8.42 Å². The third kappa shape index (κ3) is 5.55. The third-order valence-corrected chi connectivity index (χ3v) is 7.66. The Morgan fingerprint density at radius 3 is 2.27 bits per heavy atom. The van der Waals surface area contributed by atoms with Crippen molar-refractivity contribution in [2.45, 2.75) is 16.7 Å². The first-order valence-electron chi connectivity index (χ1n) is 9.27. The topological polar surface area (TPSA) is 66.5 Å². The van der Waals surface area contributed by atoms with Crippen LogP contribution in [0.5, 0.6) is 0 Å². The Morgan fingerprint density at radius 2 is 1.60 bits per heavy atom. The quantitative estimate of drug-likeness (QED) is 0.307. The molecule has 0 aliphatic carbocycles. The van der Waals surface area contributed by atoms with E-state index < -0.39 is 15.9 Å². The van der Waals surface area contributed by atoms with Crippen LogP contribution in [0, 0.1) is 3.57 Å². The van der Waals surface area contributed by atoms with Crippen molar-refractivity contribution in [1.29, 1.82) is 0 Å². The van der Waals surface area contributed by atoms with Gasteiger partial charge in [-0.05, 0) is 76.9 Å². The van der Waals surface area contributed by atoms with Gasteiger partial charge in [0, 0.05) is 8.47 Å². The average molecular weight is 552 g/mol. The molecule has 1 amide bonds. The molecule has 30 heavy (non-hydrogen) atoms. The summed E-state index contributed by atoms with van der Waals surface area (Å²) in [5.74, 6) is 0.460. The summed E-state index contributed by atoms with van der Waals surface area (Å²) < 4.78 is 28.7. The number of carbonyl (C=O) groups excluding carboxylic acids is 1. The highest BCUT2D eigenvalue weighted by molar-refractivity contribution is 14.1. The van der Waals surface area contributed by atoms with Crippen molar-refractivity contribution >= 4 is 61.7 Å². The van der Waals surface area contributed by atoms with Gasteiger partial charge in [0.1, 0.15) is 6.54 Å². The van der Waals surface area contributed by atoms with Crippen molar-refractivity contribution in [3.8, 4) is 0 Å². The first kappa shape index (κ1) is 22.6. The van der Waals surface area contributed by atoms with E-state index in [9.17, 15) is 13.2 Å². The van der Waals surface area contributed by atoms with E-state index in [-0.39, 0.29) is 11.4 Å². The molecule has 3 aromatic rings. The van der Waals surface area contributed by atoms with Gasteiger partial charge in [-0.15, -0.1) is 11.8 Å². The summed E-state index contributed by atoms with van der Waals surface area (Å²) in [6.07, 6.45) is 0. The normalized spacial score (nSPS) is 11.1. The van der Waals surface area contributed by atoms with Gasteiger partial charge in [0.2, 0.25) is 5.91 Å². The maximum Gasteiger partial charge on any atom is 0.264 e. The SMILES string of the molecule is CCSc1ccccc1NC(=O)CN(c1ccc(I)cc1)S(=O)(=O)c1ccccc1. The number of benzene rings is 3. The molecule has 1 N–H and O–H groups in total. The predicted molar refractivity (Wildman–Crippen MR) is 132 cm³/mol. The van der Waals surface area contributed by atoms with Crippen LogP contribution in [0.15, 0.2) is 88.7 Å². The predicted octanol–water partition coefficient (Wildman–Crippen LogP) is 5.24. The van der Waals surface area contributed by atoms with E-state index >= 15 is 0 Å². The number of sulfonamides is 1. The number of thioether (sulfide) groups is 1. The van der Waals surface area contributed by atoms with Gasteiger partial charge in [-0.1, -0.05) is 37.3 Å². The van der Waals surface area contributed by atoms with Crippen LogP contribution in [0.1, 0.15) is 6.92 Å². The lowest BCUT2D eigenvalue weighted by molar-refractivity contribution is -0.114. The van der Waals surface area contributed by atoms with E-state index in [4.69, 9.17) is 0 Å². The summed E-state index contributed by atoms with van der Waals surface area (Å²) in [5, 5.41) is 2.86. The van der Waals surface area contributed by atoms with E-state index in [0.717, 1.165) is 18.5 Å². The van der Waals surface area contributed by atoms with Gasteiger partial charge >= 0.3 is 0 Å². The van der Waals surface area contributed by atoms with Crippen molar-refractivity contribution < 1.29 is 13.2 Å². The minimum Gasteiger partial charge on any atom is -0.323 e. The van der Waals surface area contributed by atoms with Crippen LogP contribution in [0.3, 0.4) is 0 Å². The van der Waals surface area contributed by atoms with Crippen molar-refractivity contribution in [3.63, 3.8) is 0 Å². The van der Waals surface area contributed by atoms with Crippen LogP contribution >= 0.6 is 34.4 Å². The number of halogens is 1. The number of carbonyl (C=O) groups is 1. The number of hydrogen-bond donors (Lipinski definition) is 1. The third-order valence-electron chi connectivity index (χ3n) is 4.19. The molecule has 3 rings (SSSR count). The van der Waals surface area contributed by atoms with Gasteiger partial charge < -0.3 is 5.32 Å². The van der Waals surface area contributed by atoms with E-state index in [0.29, 0.717) is 11.4 Å². The first-order valence-corrected chi connectivity index (χ1v) is 12.8. The van der Waals surface area contributed by atoms with Crippen LogP contribution in [0.25, 0.3) is 0 Å². The van der Waals surface area contributed by atoms with Gasteiger partial charge in [-0.3, -0.25) is 9.10 Å². The molecule has 3 aromatic carbocycles. The van der Waals surface area contributed by atoms with E-state index in [1.807, 2.05) is 43.3 Å². The molecule has 0 atom stereocenters. The molecule has 5 nitrogen and oxygen atoms in total. The zero-order valence-electron chi connectivity index (χ0n) is 16.3. The lowest BCUT2D eigenvalue weighted by Crippen LogP contribution is -2.38. The first-order chi connectivity index (χ1) is 14.4. The van der Waals surface area contributed by atoms with Crippen molar-refractivity contribution in [2.24, 2.45) is 0 Å². The number of amides is 1. The van der Waals surface area contributed by atoms with E-state index in [2.05, 4.69) is 27.9 Å². The smallest absolute Gasteiger partial charge is 0.264 e. The second kappa shape index (κ2) is 10.3. The van der Waals surface area contributed by atoms with Gasteiger partial charge in [0.25, 0.3) is 10.0 Å². The molecule has 0 aliphatic heterocycles. The maximum absolute atomic E-state index is 13.3. The molecule has 0 heterocycles. The number of nitrogens with zero attached hydrogens (tertiary/aromatic N) is 1. The molecule has 0 radical (unpaired) electrons. The molecule has 0 saturated carbocycles. The second-order valence-electron chi connectivity index (χ2n) is 6.28. The summed E-state index contributed by atoms with van der Waals surface area (Å²) in [6, 6.07) is 22.7. The molecule has 0 bridgehead atoms. The molecule has 156 valence electrons. The number of nitrogens with one attached hydrogen (secondary N) is 1. The fraction of sp³-hybridized carbons (Fsp3) is 0.136. The Hall–Kier alpha value is -2.04. The summed E-state index contributed by atoms with van der Waals surface area (Å²) in [4.78, 5) is 14.0. The molecule has 0 fully saturated rings. The van der Waals surface area contributed by atoms with Gasteiger partial charge in [0.05, 0.1) is 16.3 Å². The molecule has 0 aliphatic rings. The van der Waals surface area contributed by atoms with Crippen LogP contribution in [-0.4, -0.2) is 26.6 Å². The molecule has 0 unspecified atom stereocenters. The Labute approximate surface area is 195 Å². The van der Waals surface area contributed by atoms with E-state index in [1.54, 1.807) is 42.1 Å². The molecule has 0 aromatic heterocycles. The fourth-order valence-electron chi connectivity index (χ4n) is 2.81. The number of hydrogen-bond acceptors (Lipinski definition) is 4. The van der Waals surface area contributed by atoms with Crippen LogP contribution in [0.2, 0.25) is 0 Å². The molecular formula is C22H21IN2O3S2. The molecular weight excluding hydrogens is 531 g/mol. The number of anilines is 2. The summed E-state index contributed by atoms with van der Waals surface area (Å²) >= 11 is 3.77. The Morgan fingerprint density at radius 1 is 0.967 bits per heavy atom. The minimum absolute atomic E-state index is 0.137. The summed E-state index contributed by atoms with van der Waals surface area (Å²) in [7, 11) is -3.91. The van der Waals surface area contributed by atoms with Crippen LogP contribution in [0.4, 0.5) is 11.4 Å². The molecule has 0 spiro atoms. The Bertz CT molecular complexity index is 1100. The summed E-state index contributed by atoms with van der Waals surface area (Å²) in [5.41, 5.74) is 1.11. The lowest BCUT2D eigenvalue weighted by Gasteiger charge is -2.24. The molecule has 0 saturated heterocycles. The monoisotopic (exact) mass is 552 g/mol. The number of para-hydroxylation sites is 1. The Balaban J connectivity index is 1.92. The van der Waals surface area contributed by atoms with Crippen molar-refractivity contribution in [1.82, 2.24) is 0 Å². The minimum atomic E-state index is -3.91. The van der Waals surface area contributed by atoms with Crippen molar-refractivity contribution in [2.75, 3.05) is 21.9 Å². The van der Waals surface area contributed by atoms with Crippen molar-refractivity contribution in [3.05, 3.63) is 82.4 Å². The van der Waals surface area contributed by atoms with Crippen LogP contribution < -0.4 is 9.62 Å². The fourth-order valence-corrected chi connectivity index (χ4v) is 5.38. The highest BCUT2D eigenvalue weighted by Crippen LogP contribution is 2.28. The zero-order valence-corrected chi connectivity index (χ0v) is 20.1. The highest BCUT2D eigenvalue weighted by Gasteiger charge is 2.27. The van der Waals surface area contributed by atoms with E-state index in [1.165, 1.54) is 12.1 Å². The second-order valence-corrected chi connectivity index (χ2v) is 10.7. The summed E-state index contributed by atoms with van der Waals surface area (Å²) in [6.45, 7) is 1.71. The number of rotatable bonds is 8. The Kier molecular flexibility index (Phi) is 7.79. The van der Waals surface area contributed by atoms with Gasteiger partial charge in [0.15, 0.2) is 0 Å². The van der Waals surface area contributed by atoms with Crippen LogP contribution in [-0.2, 0) is 14.8 Å². The largest absolute Gasteiger partial charge is 0.323 e. The maximum atomic E-state index is 13.3. The van der Waals surface area contributed by atoms with Gasteiger partial charge in [-0.2, -0.15) is 0 Å². The highest BCUT2D eigenvalue weighted by atomic mass is 127.